The lowest BCUT2D eigenvalue weighted by molar-refractivity contribution is -0.136. The molecule has 0 aliphatic heterocycles. The molecule has 0 saturated carbocycles. The van der Waals surface area contributed by atoms with Crippen molar-refractivity contribution in [2.75, 3.05) is 6.61 Å². The van der Waals surface area contributed by atoms with Crippen LogP contribution < -0.4 is 0 Å². The topological polar surface area (TPSA) is 52.1 Å². The molecule has 1 heterocycles. The van der Waals surface area contributed by atoms with Crippen molar-refractivity contribution in [2.45, 2.75) is 6.92 Å². The van der Waals surface area contributed by atoms with Crippen molar-refractivity contribution in [3.63, 3.8) is 0 Å². The normalized spacial score (nSPS) is 8.38. The number of nitrogens with zero attached hydrogens (tertiary/aromatic N) is 2. The zero-order chi connectivity index (χ0) is 9.52. The quantitative estimate of drug-likeness (QED) is 0.459. The van der Waals surface area contributed by atoms with Gasteiger partial charge in [-0.3, -0.25) is 0 Å². The highest BCUT2D eigenvalue weighted by molar-refractivity contribution is 5.88. The molecule has 0 aliphatic carbocycles. The first-order valence-electron chi connectivity index (χ1n) is 3.78. The van der Waals surface area contributed by atoms with Crippen LogP contribution in [0.2, 0.25) is 0 Å². The number of ether oxygens (including phenoxy) is 1. The van der Waals surface area contributed by atoms with Crippen molar-refractivity contribution in [3.05, 3.63) is 24.3 Å². The fraction of sp³-hybridized carbons (Fsp3) is 0.222. The van der Waals surface area contributed by atoms with Crippen LogP contribution >= 0.6 is 0 Å². The molecule has 0 N–H and O–H groups in total. The minimum atomic E-state index is -0.560. The van der Waals surface area contributed by atoms with Gasteiger partial charge >= 0.3 is 5.97 Å². The number of carbonyl (C=O) groups excluding carboxylic acids is 1. The van der Waals surface area contributed by atoms with E-state index in [0.717, 1.165) is 0 Å². The van der Waals surface area contributed by atoms with E-state index in [1.165, 1.54) is 0 Å². The van der Waals surface area contributed by atoms with Crippen molar-refractivity contribution >= 4 is 5.97 Å². The number of hydrogen-bond acceptors (Lipinski definition) is 4. The molecular weight excluding hydrogens is 168 g/mol. The van der Waals surface area contributed by atoms with Crippen LogP contribution in [0.25, 0.3) is 0 Å². The van der Waals surface area contributed by atoms with Gasteiger partial charge in [-0.2, -0.15) is 0 Å². The van der Waals surface area contributed by atoms with Crippen LogP contribution in [-0.2, 0) is 9.53 Å². The number of rotatable bonds is 1. The lowest BCUT2D eigenvalue weighted by atomic mass is 10.5. The Kier molecular flexibility index (Phi) is 3.45. The molecule has 0 spiro atoms. The Morgan fingerprint density at radius 1 is 1.54 bits per heavy atom. The van der Waals surface area contributed by atoms with Gasteiger partial charge in [-0.05, 0) is 18.9 Å². The van der Waals surface area contributed by atoms with E-state index in [9.17, 15) is 4.79 Å². The molecule has 0 unspecified atom stereocenters. The summed E-state index contributed by atoms with van der Waals surface area (Å²) < 4.78 is 4.60. The maximum Gasteiger partial charge on any atom is 0.384 e. The van der Waals surface area contributed by atoms with E-state index in [1.807, 2.05) is 0 Å². The van der Waals surface area contributed by atoms with Gasteiger partial charge in [0.2, 0.25) is 5.82 Å². The summed E-state index contributed by atoms with van der Waals surface area (Å²) in [7, 11) is 0. The molecule has 4 nitrogen and oxygen atoms in total. The maximum absolute atomic E-state index is 10.8. The monoisotopic (exact) mass is 176 g/mol. The van der Waals surface area contributed by atoms with Gasteiger partial charge in [0.05, 0.1) is 6.61 Å². The van der Waals surface area contributed by atoms with Crippen molar-refractivity contribution in [1.29, 1.82) is 0 Å². The molecule has 0 bridgehead atoms. The first-order chi connectivity index (χ1) is 6.33. The molecule has 0 aliphatic rings. The van der Waals surface area contributed by atoms with Crippen molar-refractivity contribution in [3.8, 4) is 11.8 Å². The highest BCUT2D eigenvalue weighted by Gasteiger charge is 1.92. The first-order valence-corrected chi connectivity index (χ1v) is 3.78. The molecule has 0 fully saturated rings. The fourth-order valence-corrected chi connectivity index (χ4v) is 0.638. The second-order valence-electron chi connectivity index (χ2n) is 2.04. The van der Waals surface area contributed by atoms with Crippen LogP contribution in [0.4, 0.5) is 0 Å². The zero-order valence-corrected chi connectivity index (χ0v) is 7.15. The van der Waals surface area contributed by atoms with Crippen LogP contribution in [0.3, 0.4) is 0 Å². The van der Waals surface area contributed by atoms with Crippen LogP contribution in [0.5, 0.6) is 0 Å². The summed E-state index contributed by atoms with van der Waals surface area (Å²) in [4.78, 5) is 18.4. The van der Waals surface area contributed by atoms with Crippen molar-refractivity contribution in [2.24, 2.45) is 0 Å². The Morgan fingerprint density at radius 2 is 2.23 bits per heavy atom. The molecule has 66 valence electrons. The Bertz CT molecular complexity index is 338. The molecule has 0 aromatic carbocycles. The van der Waals surface area contributed by atoms with Gasteiger partial charge < -0.3 is 4.74 Å². The van der Waals surface area contributed by atoms with E-state index in [0.29, 0.717) is 12.4 Å². The Morgan fingerprint density at radius 3 is 2.85 bits per heavy atom. The Balaban J connectivity index is 2.62. The number of aromatic nitrogens is 2. The Hall–Kier alpha value is -1.89. The average molecular weight is 176 g/mol. The second-order valence-corrected chi connectivity index (χ2v) is 2.04. The Labute approximate surface area is 76.0 Å². The molecule has 4 heteroatoms. The van der Waals surface area contributed by atoms with Crippen LogP contribution in [-0.4, -0.2) is 22.5 Å². The summed E-state index contributed by atoms with van der Waals surface area (Å²) >= 11 is 0. The molecule has 0 amide bonds. The summed E-state index contributed by atoms with van der Waals surface area (Å²) in [5, 5.41) is 0. The molecule has 1 aromatic heterocycles. The van der Waals surface area contributed by atoms with E-state index in [4.69, 9.17) is 0 Å². The third-order valence-electron chi connectivity index (χ3n) is 1.12. The zero-order valence-electron chi connectivity index (χ0n) is 7.15. The van der Waals surface area contributed by atoms with E-state index >= 15 is 0 Å². The largest absolute Gasteiger partial charge is 0.456 e. The average Bonchev–Trinajstić information content (AvgIpc) is 2.17. The highest BCUT2D eigenvalue weighted by atomic mass is 16.5. The summed E-state index contributed by atoms with van der Waals surface area (Å²) in [6.07, 6.45) is 3.12. The molecule has 1 aromatic rings. The summed E-state index contributed by atoms with van der Waals surface area (Å²) in [6.45, 7) is 2.04. The molecule has 1 rings (SSSR count). The van der Waals surface area contributed by atoms with Crippen LogP contribution in [0.15, 0.2) is 18.5 Å². The minimum absolute atomic E-state index is 0.315. The van der Waals surface area contributed by atoms with Gasteiger partial charge in [0.25, 0.3) is 0 Å². The third kappa shape index (κ3) is 3.34. The summed E-state index contributed by atoms with van der Waals surface area (Å²) in [6, 6.07) is 1.68. The van der Waals surface area contributed by atoms with Crippen molar-refractivity contribution < 1.29 is 9.53 Å². The van der Waals surface area contributed by atoms with E-state index in [-0.39, 0.29) is 0 Å². The van der Waals surface area contributed by atoms with Crippen LogP contribution in [0, 0.1) is 11.8 Å². The van der Waals surface area contributed by atoms with Gasteiger partial charge in [0, 0.05) is 18.3 Å². The van der Waals surface area contributed by atoms with Gasteiger partial charge in [0.1, 0.15) is 0 Å². The van der Waals surface area contributed by atoms with E-state index in [1.54, 1.807) is 25.4 Å². The summed E-state index contributed by atoms with van der Waals surface area (Å²) in [5.74, 6) is 4.50. The van der Waals surface area contributed by atoms with E-state index in [2.05, 4.69) is 26.5 Å². The molecule has 13 heavy (non-hydrogen) atoms. The van der Waals surface area contributed by atoms with Crippen LogP contribution in [0.1, 0.15) is 12.7 Å². The SMILES string of the molecule is CCOC(=O)C#Cc1ncccn1. The molecular formula is C9H8N2O2. The number of esters is 1. The number of hydrogen-bond donors (Lipinski definition) is 0. The smallest absolute Gasteiger partial charge is 0.384 e. The van der Waals surface area contributed by atoms with E-state index < -0.39 is 5.97 Å². The summed E-state index contributed by atoms with van der Waals surface area (Å²) in [5.41, 5.74) is 0. The lowest BCUT2D eigenvalue weighted by Crippen LogP contribution is -2.00. The predicted molar refractivity (Wildman–Crippen MR) is 45.5 cm³/mol. The van der Waals surface area contributed by atoms with Crippen molar-refractivity contribution in [1.82, 2.24) is 9.97 Å². The highest BCUT2D eigenvalue weighted by Crippen LogP contribution is 1.83. The van der Waals surface area contributed by atoms with Gasteiger partial charge in [0.15, 0.2) is 0 Å². The third-order valence-corrected chi connectivity index (χ3v) is 1.12. The molecule has 0 radical (unpaired) electrons. The molecule has 0 atom stereocenters. The second kappa shape index (κ2) is 4.88. The van der Waals surface area contributed by atoms with Gasteiger partial charge in [-0.15, -0.1) is 0 Å². The molecule has 0 saturated heterocycles. The fourth-order valence-electron chi connectivity index (χ4n) is 0.638. The standard InChI is InChI=1S/C9H8N2O2/c1-2-13-9(12)5-4-8-10-6-3-7-11-8/h3,6-7H,2H2,1H3. The first kappa shape index (κ1) is 9.20. The van der Waals surface area contributed by atoms with Gasteiger partial charge in [-0.1, -0.05) is 0 Å². The lowest BCUT2D eigenvalue weighted by Gasteiger charge is -1.90. The minimum Gasteiger partial charge on any atom is -0.456 e. The maximum atomic E-state index is 10.8. The number of carbonyl (C=O) groups is 1. The predicted octanol–water partition coefficient (Wildman–Crippen LogP) is 0.391. The van der Waals surface area contributed by atoms with Gasteiger partial charge in [-0.25, -0.2) is 14.8 Å².